The number of hydrogen-bond donors (Lipinski definition) is 1. The Morgan fingerprint density at radius 2 is 2.32 bits per heavy atom. The summed E-state index contributed by atoms with van der Waals surface area (Å²) in [5.74, 6) is -0.641. The van der Waals surface area contributed by atoms with Crippen LogP contribution in [0.1, 0.15) is 46.0 Å². The minimum absolute atomic E-state index is 0.0976. The summed E-state index contributed by atoms with van der Waals surface area (Å²) in [4.78, 5) is 23.7. The second-order valence-electron chi connectivity index (χ2n) is 6.48. The molecule has 1 aliphatic carbocycles. The molecule has 1 saturated heterocycles. The first-order valence-corrected chi connectivity index (χ1v) is 8.18. The summed E-state index contributed by atoms with van der Waals surface area (Å²) < 4.78 is 10.7. The van der Waals surface area contributed by atoms with Gasteiger partial charge in [0.05, 0.1) is 19.1 Å². The molecule has 1 aliphatic heterocycles. The Kier molecular flexibility index (Phi) is 5.62. The lowest BCUT2D eigenvalue weighted by atomic mass is 9.70. The summed E-state index contributed by atoms with van der Waals surface area (Å²) in [6.45, 7) is 3.97. The van der Waals surface area contributed by atoms with Gasteiger partial charge in [-0.1, -0.05) is 25.5 Å². The van der Waals surface area contributed by atoms with Crippen molar-refractivity contribution in [1.29, 1.82) is 0 Å². The SMILES string of the molecule is CCCCC(=O)OCC[C@@H]1CC=C[C@@H]2[C@H]1C(=O)O[C@@]2(C)CO. The predicted molar refractivity (Wildman–Crippen MR) is 80.9 cm³/mol. The molecule has 1 fully saturated rings. The predicted octanol–water partition coefficient (Wildman–Crippen LogP) is 2.23. The molecule has 124 valence electrons. The molecule has 1 heterocycles. The number of unbranched alkanes of at least 4 members (excludes halogenated alkanes) is 1. The topological polar surface area (TPSA) is 72.8 Å². The highest BCUT2D eigenvalue weighted by Crippen LogP contribution is 2.46. The number of aliphatic hydroxyl groups excluding tert-OH is 1. The number of ether oxygens (including phenoxy) is 2. The van der Waals surface area contributed by atoms with Gasteiger partial charge in [-0.25, -0.2) is 0 Å². The van der Waals surface area contributed by atoms with Crippen LogP contribution in [0.4, 0.5) is 0 Å². The van der Waals surface area contributed by atoms with Crippen molar-refractivity contribution >= 4 is 11.9 Å². The first kappa shape index (κ1) is 17.0. The molecular formula is C17H26O5. The van der Waals surface area contributed by atoms with E-state index in [2.05, 4.69) is 0 Å². The maximum Gasteiger partial charge on any atom is 0.310 e. The second-order valence-corrected chi connectivity index (χ2v) is 6.48. The number of allylic oxidation sites excluding steroid dienone is 1. The molecule has 2 rings (SSSR count). The number of rotatable bonds is 7. The second kappa shape index (κ2) is 7.27. The van der Waals surface area contributed by atoms with Crippen LogP contribution in [0.25, 0.3) is 0 Å². The molecule has 0 aromatic heterocycles. The van der Waals surface area contributed by atoms with Crippen LogP contribution >= 0.6 is 0 Å². The van der Waals surface area contributed by atoms with Crippen molar-refractivity contribution in [3.05, 3.63) is 12.2 Å². The van der Waals surface area contributed by atoms with E-state index in [0.717, 1.165) is 19.3 Å². The molecule has 0 radical (unpaired) electrons. The van der Waals surface area contributed by atoms with Crippen molar-refractivity contribution in [2.75, 3.05) is 13.2 Å². The van der Waals surface area contributed by atoms with Crippen LogP contribution in [0, 0.1) is 17.8 Å². The Morgan fingerprint density at radius 3 is 3.00 bits per heavy atom. The van der Waals surface area contributed by atoms with Crippen LogP contribution < -0.4 is 0 Å². The highest BCUT2D eigenvalue weighted by molar-refractivity contribution is 5.77. The van der Waals surface area contributed by atoms with Crippen LogP contribution in [0.2, 0.25) is 0 Å². The number of esters is 2. The Balaban J connectivity index is 1.89. The van der Waals surface area contributed by atoms with Crippen LogP contribution in [0.5, 0.6) is 0 Å². The minimum Gasteiger partial charge on any atom is -0.466 e. The third kappa shape index (κ3) is 3.51. The standard InChI is InChI=1S/C17H26O5/c1-3-4-8-14(19)21-10-9-12-6-5-7-13-15(12)16(20)22-17(13,2)11-18/h5,7,12-13,15,18H,3-4,6,8-11H2,1-2H3/t12-,13+,15-,17-/m0/s1. The number of cyclic esters (lactones) is 1. The van der Waals surface area contributed by atoms with Crippen LogP contribution in [-0.2, 0) is 19.1 Å². The molecule has 0 saturated carbocycles. The van der Waals surface area contributed by atoms with E-state index in [4.69, 9.17) is 9.47 Å². The molecular weight excluding hydrogens is 284 g/mol. The molecule has 4 atom stereocenters. The first-order chi connectivity index (χ1) is 10.5. The molecule has 0 bridgehead atoms. The average Bonchev–Trinajstić information content (AvgIpc) is 2.78. The van der Waals surface area contributed by atoms with Crippen molar-refractivity contribution in [2.24, 2.45) is 17.8 Å². The molecule has 0 unspecified atom stereocenters. The van der Waals surface area contributed by atoms with Gasteiger partial charge in [0, 0.05) is 12.3 Å². The average molecular weight is 310 g/mol. The number of aliphatic hydroxyl groups is 1. The lowest BCUT2D eigenvalue weighted by molar-refractivity contribution is -0.153. The van der Waals surface area contributed by atoms with Gasteiger partial charge in [0.2, 0.25) is 0 Å². The summed E-state index contributed by atoms with van der Waals surface area (Å²) in [6.07, 6.45) is 7.73. The van der Waals surface area contributed by atoms with Gasteiger partial charge in [-0.05, 0) is 32.1 Å². The van der Waals surface area contributed by atoms with Gasteiger partial charge in [-0.3, -0.25) is 9.59 Å². The summed E-state index contributed by atoms with van der Waals surface area (Å²) in [5, 5.41) is 9.52. The van der Waals surface area contributed by atoms with E-state index >= 15 is 0 Å². The summed E-state index contributed by atoms with van der Waals surface area (Å²) in [7, 11) is 0. The van der Waals surface area contributed by atoms with Gasteiger partial charge in [0.25, 0.3) is 0 Å². The highest BCUT2D eigenvalue weighted by Gasteiger charge is 2.54. The van der Waals surface area contributed by atoms with Gasteiger partial charge < -0.3 is 14.6 Å². The molecule has 0 amide bonds. The first-order valence-electron chi connectivity index (χ1n) is 8.18. The normalized spacial score (nSPS) is 33.4. The molecule has 0 aromatic rings. The quantitative estimate of drug-likeness (QED) is 0.576. The van der Waals surface area contributed by atoms with Gasteiger partial charge in [0.15, 0.2) is 0 Å². The van der Waals surface area contributed by atoms with Crippen molar-refractivity contribution in [2.45, 2.75) is 51.6 Å². The number of carbonyl (C=O) groups is 2. The highest BCUT2D eigenvalue weighted by atomic mass is 16.6. The van der Waals surface area contributed by atoms with E-state index in [1.165, 1.54) is 0 Å². The molecule has 2 aliphatic rings. The van der Waals surface area contributed by atoms with Gasteiger partial charge >= 0.3 is 11.9 Å². The molecule has 22 heavy (non-hydrogen) atoms. The van der Waals surface area contributed by atoms with Crippen molar-refractivity contribution in [1.82, 2.24) is 0 Å². The van der Waals surface area contributed by atoms with Crippen LogP contribution in [0.3, 0.4) is 0 Å². The van der Waals surface area contributed by atoms with Gasteiger partial charge in [0.1, 0.15) is 5.60 Å². The van der Waals surface area contributed by atoms with Crippen molar-refractivity contribution in [3.63, 3.8) is 0 Å². The van der Waals surface area contributed by atoms with E-state index < -0.39 is 5.60 Å². The largest absolute Gasteiger partial charge is 0.466 e. The molecule has 1 N–H and O–H groups in total. The third-order valence-corrected chi connectivity index (χ3v) is 4.79. The maximum atomic E-state index is 12.2. The van der Waals surface area contributed by atoms with Crippen LogP contribution in [0.15, 0.2) is 12.2 Å². The molecule has 0 spiro atoms. The monoisotopic (exact) mass is 310 g/mol. The number of fused-ring (bicyclic) bond motifs is 1. The lowest BCUT2D eigenvalue weighted by Crippen LogP contribution is -2.39. The Labute approximate surface area is 131 Å². The fourth-order valence-electron chi connectivity index (χ4n) is 3.40. The summed E-state index contributed by atoms with van der Waals surface area (Å²) in [5.41, 5.74) is -0.825. The van der Waals surface area contributed by atoms with E-state index in [-0.39, 0.29) is 36.3 Å². The smallest absolute Gasteiger partial charge is 0.310 e. The minimum atomic E-state index is -0.825. The zero-order valence-corrected chi connectivity index (χ0v) is 13.4. The van der Waals surface area contributed by atoms with Gasteiger partial charge in [-0.15, -0.1) is 0 Å². The van der Waals surface area contributed by atoms with Gasteiger partial charge in [-0.2, -0.15) is 0 Å². The van der Waals surface area contributed by atoms with Crippen LogP contribution in [-0.4, -0.2) is 35.9 Å². The maximum absolute atomic E-state index is 12.2. The van der Waals surface area contributed by atoms with Crippen molar-refractivity contribution < 1.29 is 24.2 Å². The summed E-state index contributed by atoms with van der Waals surface area (Å²) in [6, 6.07) is 0. The number of carbonyl (C=O) groups excluding carboxylic acids is 2. The van der Waals surface area contributed by atoms with E-state index in [1.54, 1.807) is 6.92 Å². The lowest BCUT2D eigenvalue weighted by Gasteiger charge is -2.32. The zero-order chi connectivity index (χ0) is 16.2. The molecule has 5 nitrogen and oxygen atoms in total. The van der Waals surface area contributed by atoms with E-state index in [1.807, 2.05) is 19.1 Å². The molecule has 5 heteroatoms. The Morgan fingerprint density at radius 1 is 1.55 bits per heavy atom. The number of hydrogen-bond acceptors (Lipinski definition) is 5. The van der Waals surface area contributed by atoms with E-state index in [9.17, 15) is 14.7 Å². The third-order valence-electron chi connectivity index (χ3n) is 4.79. The zero-order valence-electron chi connectivity index (χ0n) is 13.4. The fraction of sp³-hybridized carbons (Fsp3) is 0.765. The van der Waals surface area contributed by atoms with E-state index in [0.29, 0.717) is 19.4 Å². The molecule has 0 aromatic carbocycles. The summed E-state index contributed by atoms with van der Waals surface area (Å²) >= 11 is 0. The Bertz CT molecular complexity index is 444. The Hall–Kier alpha value is -1.36. The fourth-order valence-corrected chi connectivity index (χ4v) is 3.40. The van der Waals surface area contributed by atoms with Crippen molar-refractivity contribution in [3.8, 4) is 0 Å².